The number of nitrogens with zero attached hydrogens (tertiary/aromatic N) is 1. The number of anilines is 1. The van der Waals surface area contributed by atoms with E-state index < -0.39 is 16.7 Å². The van der Waals surface area contributed by atoms with Crippen LogP contribution in [0.3, 0.4) is 0 Å². The van der Waals surface area contributed by atoms with Crippen molar-refractivity contribution in [3.63, 3.8) is 0 Å². The summed E-state index contributed by atoms with van der Waals surface area (Å²) in [5.74, 6) is -1.05. The molecule has 3 N–H and O–H groups in total. The van der Waals surface area contributed by atoms with Crippen molar-refractivity contribution in [3.05, 3.63) is 63.2 Å². The van der Waals surface area contributed by atoms with Gasteiger partial charge in [-0.1, -0.05) is 17.7 Å². The van der Waals surface area contributed by atoms with Gasteiger partial charge in [-0.2, -0.15) is 0 Å². The molecule has 2 rings (SSSR count). The van der Waals surface area contributed by atoms with E-state index in [2.05, 4.69) is 16.2 Å². The third kappa shape index (κ3) is 5.18. The fourth-order valence-corrected chi connectivity index (χ4v) is 2.41. The standard InChI is InChI=1S/C18H20N4O5/c1-11-4-6-15(12(2)8-11)19-10-17(23)20-21-18(24)14-9-13(22(25)26)5-7-16(14)27-3/h4-9,19H,10H2,1-3H3,(H,20,23)(H,21,24). The molecule has 9 nitrogen and oxygen atoms in total. The van der Waals surface area contributed by atoms with Crippen molar-refractivity contribution in [2.75, 3.05) is 19.0 Å². The Morgan fingerprint density at radius 2 is 1.85 bits per heavy atom. The van der Waals surface area contributed by atoms with Crippen LogP contribution in [-0.4, -0.2) is 30.4 Å². The van der Waals surface area contributed by atoms with Crippen LogP contribution in [0.15, 0.2) is 36.4 Å². The molecule has 0 fully saturated rings. The summed E-state index contributed by atoms with van der Waals surface area (Å²) in [6, 6.07) is 9.39. The number of methoxy groups -OCH3 is 1. The van der Waals surface area contributed by atoms with Crippen LogP contribution >= 0.6 is 0 Å². The molecule has 0 atom stereocenters. The molecule has 0 bridgehead atoms. The predicted molar refractivity (Wildman–Crippen MR) is 99.7 cm³/mol. The van der Waals surface area contributed by atoms with Crippen LogP contribution in [0, 0.1) is 24.0 Å². The van der Waals surface area contributed by atoms with E-state index in [9.17, 15) is 19.7 Å². The van der Waals surface area contributed by atoms with E-state index >= 15 is 0 Å². The number of hydrogen-bond donors (Lipinski definition) is 3. The lowest BCUT2D eigenvalue weighted by Crippen LogP contribution is -2.44. The van der Waals surface area contributed by atoms with Gasteiger partial charge in [0.15, 0.2) is 0 Å². The summed E-state index contributed by atoms with van der Waals surface area (Å²) in [4.78, 5) is 34.4. The number of nitrogens with one attached hydrogen (secondary N) is 3. The Kier molecular flexibility index (Phi) is 6.32. The number of hydrazine groups is 1. The molecule has 142 valence electrons. The minimum Gasteiger partial charge on any atom is -0.496 e. The van der Waals surface area contributed by atoms with Crippen molar-refractivity contribution >= 4 is 23.2 Å². The smallest absolute Gasteiger partial charge is 0.273 e. The minimum atomic E-state index is -0.726. The van der Waals surface area contributed by atoms with E-state index in [-0.39, 0.29) is 23.5 Å². The molecule has 0 aliphatic rings. The quantitative estimate of drug-likeness (QED) is 0.527. The van der Waals surface area contributed by atoms with Gasteiger partial charge in [-0.15, -0.1) is 0 Å². The van der Waals surface area contributed by atoms with E-state index in [1.54, 1.807) is 0 Å². The molecule has 0 aliphatic carbocycles. The number of hydrogen-bond acceptors (Lipinski definition) is 6. The second kappa shape index (κ2) is 8.65. The van der Waals surface area contributed by atoms with Gasteiger partial charge in [0.25, 0.3) is 17.5 Å². The number of carbonyl (C=O) groups excluding carboxylic acids is 2. The monoisotopic (exact) mass is 372 g/mol. The van der Waals surface area contributed by atoms with E-state index in [0.29, 0.717) is 0 Å². The first-order valence-corrected chi connectivity index (χ1v) is 8.04. The zero-order valence-corrected chi connectivity index (χ0v) is 15.2. The maximum Gasteiger partial charge on any atom is 0.273 e. The maximum atomic E-state index is 12.2. The normalized spacial score (nSPS) is 10.0. The molecule has 27 heavy (non-hydrogen) atoms. The Hall–Kier alpha value is -3.62. The van der Waals surface area contributed by atoms with Gasteiger partial charge in [-0.25, -0.2) is 0 Å². The van der Waals surface area contributed by atoms with Gasteiger partial charge < -0.3 is 10.1 Å². The van der Waals surface area contributed by atoms with Crippen molar-refractivity contribution in [2.24, 2.45) is 0 Å². The first kappa shape index (κ1) is 19.7. The van der Waals surface area contributed by atoms with Crippen LogP contribution in [0.5, 0.6) is 5.75 Å². The van der Waals surface area contributed by atoms with Gasteiger partial charge in [0.05, 0.1) is 24.1 Å². The highest BCUT2D eigenvalue weighted by Crippen LogP contribution is 2.23. The number of aryl methyl sites for hydroxylation is 2. The van der Waals surface area contributed by atoms with E-state index in [1.807, 2.05) is 32.0 Å². The molecule has 0 spiro atoms. The molecule has 0 heterocycles. The van der Waals surface area contributed by atoms with Gasteiger partial charge in [0.2, 0.25) is 0 Å². The van der Waals surface area contributed by atoms with Gasteiger partial charge in [-0.3, -0.25) is 30.6 Å². The van der Waals surface area contributed by atoms with Crippen molar-refractivity contribution in [2.45, 2.75) is 13.8 Å². The van der Waals surface area contributed by atoms with Gasteiger partial charge >= 0.3 is 0 Å². The molecule has 0 radical (unpaired) electrons. The molecule has 2 aromatic carbocycles. The molecule has 0 aromatic heterocycles. The summed E-state index contributed by atoms with van der Waals surface area (Å²) in [5, 5.41) is 13.8. The van der Waals surface area contributed by atoms with E-state index in [4.69, 9.17) is 4.74 Å². The summed E-state index contributed by atoms with van der Waals surface area (Å²) >= 11 is 0. The summed E-state index contributed by atoms with van der Waals surface area (Å²) in [7, 11) is 1.34. The SMILES string of the molecule is COc1ccc([N+](=O)[O-])cc1C(=O)NNC(=O)CNc1ccc(C)cc1C. The fourth-order valence-electron chi connectivity index (χ4n) is 2.41. The van der Waals surface area contributed by atoms with Crippen LogP contribution in [0.25, 0.3) is 0 Å². The summed E-state index contributed by atoms with van der Waals surface area (Å²) in [6.45, 7) is 3.83. The number of nitro groups is 1. The van der Waals surface area contributed by atoms with Crippen LogP contribution in [0.4, 0.5) is 11.4 Å². The molecule has 9 heteroatoms. The van der Waals surface area contributed by atoms with E-state index in [0.717, 1.165) is 22.9 Å². The third-order valence-corrected chi connectivity index (χ3v) is 3.78. The number of benzene rings is 2. The average Bonchev–Trinajstić information content (AvgIpc) is 2.64. The van der Waals surface area contributed by atoms with Gasteiger partial charge in [0, 0.05) is 17.8 Å². The molecular weight excluding hydrogens is 352 g/mol. The molecule has 0 saturated carbocycles. The lowest BCUT2D eigenvalue weighted by atomic mass is 10.1. The Labute approximate surface area is 155 Å². The number of nitro benzene ring substituents is 1. The van der Waals surface area contributed by atoms with Crippen LogP contribution in [0.1, 0.15) is 21.5 Å². The summed E-state index contributed by atoms with van der Waals surface area (Å²) < 4.78 is 5.03. The van der Waals surface area contributed by atoms with Crippen molar-refractivity contribution in [1.29, 1.82) is 0 Å². The summed E-state index contributed by atoms with van der Waals surface area (Å²) in [5.41, 5.74) is 7.07. The third-order valence-electron chi connectivity index (χ3n) is 3.78. The zero-order valence-electron chi connectivity index (χ0n) is 15.2. The Morgan fingerprint density at radius 1 is 1.11 bits per heavy atom. The first-order chi connectivity index (χ1) is 12.8. The van der Waals surface area contributed by atoms with Crippen molar-refractivity contribution in [3.8, 4) is 5.75 Å². The second-order valence-corrected chi connectivity index (χ2v) is 5.82. The maximum absolute atomic E-state index is 12.2. The Bertz CT molecular complexity index is 882. The number of ether oxygens (including phenoxy) is 1. The molecule has 0 unspecified atom stereocenters. The fraction of sp³-hybridized carbons (Fsp3) is 0.222. The summed E-state index contributed by atoms with van der Waals surface area (Å²) in [6.07, 6.45) is 0. The largest absolute Gasteiger partial charge is 0.496 e. The number of rotatable bonds is 6. The molecule has 2 amide bonds. The van der Waals surface area contributed by atoms with Crippen LogP contribution < -0.4 is 20.9 Å². The van der Waals surface area contributed by atoms with Crippen molar-refractivity contribution < 1.29 is 19.2 Å². The number of non-ortho nitro benzene ring substituents is 1. The van der Waals surface area contributed by atoms with Crippen LogP contribution in [-0.2, 0) is 4.79 Å². The number of carbonyl (C=O) groups is 2. The Balaban J connectivity index is 1.95. The molecule has 2 aromatic rings. The van der Waals surface area contributed by atoms with Crippen molar-refractivity contribution in [1.82, 2.24) is 10.9 Å². The minimum absolute atomic E-state index is 0.0593. The van der Waals surface area contributed by atoms with Gasteiger partial charge in [0.1, 0.15) is 5.75 Å². The lowest BCUT2D eigenvalue weighted by molar-refractivity contribution is -0.384. The van der Waals surface area contributed by atoms with Gasteiger partial charge in [-0.05, 0) is 31.5 Å². The zero-order chi connectivity index (χ0) is 20.0. The average molecular weight is 372 g/mol. The van der Waals surface area contributed by atoms with Crippen LogP contribution in [0.2, 0.25) is 0 Å². The highest BCUT2D eigenvalue weighted by atomic mass is 16.6. The lowest BCUT2D eigenvalue weighted by Gasteiger charge is -2.12. The topological polar surface area (TPSA) is 123 Å². The Morgan fingerprint density at radius 3 is 2.48 bits per heavy atom. The second-order valence-electron chi connectivity index (χ2n) is 5.82. The highest BCUT2D eigenvalue weighted by Gasteiger charge is 2.18. The first-order valence-electron chi connectivity index (χ1n) is 8.04. The highest BCUT2D eigenvalue weighted by molar-refractivity contribution is 5.98. The molecule has 0 aliphatic heterocycles. The molecule has 0 saturated heterocycles. The van der Waals surface area contributed by atoms with E-state index in [1.165, 1.54) is 19.2 Å². The predicted octanol–water partition coefficient (Wildman–Crippen LogP) is 2.09. The molecular formula is C18H20N4O5. The number of amides is 2.